The molecule has 0 aliphatic carbocycles. The summed E-state index contributed by atoms with van der Waals surface area (Å²) in [4.78, 5) is 12.6. The number of hydrogen-bond acceptors (Lipinski definition) is 6. The van der Waals surface area contributed by atoms with E-state index in [1.165, 1.54) is 67.3 Å². The zero-order valence-electron chi connectivity index (χ0n) is 47.2. The maximum atomic E-state index is 12.0. The molecule has 0 saturated heterocycles. The van der Waals surface area contributed by atoms with Crippen LogP contribution in [0.3, 0.4) is 0 Å². The van der Waals surface area contributed by atoms with Crippen LogP contribution in [-0.4, -0.2) is 68.0 Å². The minimum absolute atomic E-state index is 0.0129. The van der Waals surface area contributed by atoms with Gasteiger partial charge in [0.1, 0.15) is 0 Å². The van der Waals surface area contributed by atoms with Crippen molar-refractivity contribution >= 4 is 28.4 Å². The minimum Gasteiger partial charge on any atom is -0.388 e. The first-order valence-corrected chi connectivity index (χ1v) is 27.1. The molecule has 378 valence electrons. The van der Waals surface area contributed by atoms with Crippen molar-refractivity contribution in [3.63, 3.8) is 0 Å². The van der Waals surface area contributed by atoms with Crippen LogP contribution in [0.1, 0.15) is 184 Å². The lowest BCUT2D eigenvalue weighted by Gasteiger charge is -2.54. The zero-order chi connectivity index (χ0) is 51.6. The van der Waals surface area contributed by atoms with Crippen LogP contribution in [0.25, 0.3) is 0 Å². The van der Waals surface area contributed by atoms with Gasteiger partial charge in [-0.1, -0.05) is 101 Å². The number of hydrogen-bond donors (Lipinski definition) is 1. The van der Waals surface area contributed by atoms with Crippen molar-refractivity contribution in [2.75, 3.05) is 59.7 Å². The Bertz CT molecular complexity index is 2910. The lowest BCUT2D eigenvalue weighted by Crippen LogP contribution is -2.53. The molecular weight excluding hydrogens is 867 g/mol. The standard InChI is InChI=1S/C65H87N5O/c1-37-56(46-23-21-22-24-51(46)66(16)61(37,6)7)42-25-29-52-47(33-42)57(38(2)62(8,9)67(52)17)43-26-30-53-48(34-43)58(39(3)63(10,11)68(53)18)44-27-31-54-49(35-44)59(40(4)64(12,13)69(54)19)45-28-32-55-50(36-45)60(71)41(5)65(14,15)70(55)20/h21-41,56-60,71H,1-20H3. The van der Waals surface area contributed by atoms with E-state index in [1.807, 2.05) is 0 Å². The summed E-state index contributed by atoms with van der Waals surface area (Å²) in [6.45, 7) is 36.1. The Hall–Kier alpha value is -4.94. The van der Waals surface area contributed by atoms with Gasteiger partial charge < -0.3 is 29.6 Å². The third-order valence-electron chi connectivity index (χ3n) is 22.4. The van der Waals surface area contributed by atoms with E-state index in [2.05, 4.69) is 261 Å². The quantitative estimate of drug-likeness (QED) is 0.193. The molecule has 0 bridgehead atoms. The Kier molecular flexibility index (Phi) is 11.4. The molecule has 0 aromatic heterocycles. The normalized spacial score (nSPS) is 30.7. The van der Waals surface area contributed by atoms with Gasteiger partial charge in [0.05, 0.1) is 6.10 Å². The number of aliphatic hydroxyl groups is 1. The third kappa shape index (κ3) is 6.87. The summed E-state index contributed by atoms with van der Waals surface area (Å²) in [6, 6.07) is 38.8. The average Bonchev–Trinajstić information content (AvgIpc) is 3.33. The van der Waals surface area contributed by atoms with Gasteiger partial charge in [0.2, 0.25) is 0 Å². The maximum absolute atomic E-state index is 12.0. The molecule has 5 aliphatic rings. The Balaban J connectivity index is 1.13. The van der Waals surface area contributed by atoms with Crippen LogP contribution >= 0.6 is 0 Å². The number of aliphatic hydroxyl groups excluding tert-OH is 1. The number of fused-ring (bicyclic) bond motifs is 5. The van der Waals surface area contributed by atoms with E-state index in [9.17, 15) is 5.11 Å². The molecule has 0 saturated carbocycles. The average molecular weight is 954 g/mol. The van der Waals surface area contributed by atoms with E-state index < -0.39 is 6.10 Å². The van der Waals surface area contributed by atoms with Gasteiger partial charge in [-0.3, -0.25) is 0 Å². The van der Waals surface area contributed by atoms with Crippen molar-refractivity contribution in [3.8, 4) is 0 Å². The van der Waals surface area contributed by atoms with Crippen molar-refractivity contribution in [2.24, 2.45) is 29.6 Å². The fourth-order valence-electron chi connectivity index (χ4n) is 14.6. The molecule has 0 spiro atoms. The fourth-order valence-corrected chi connectivity index (χ4v) is 14.6. The van der Waals surface area contributed by atoms with Gasteiger partial charge in [-0.2, -0.15) is 0 Å². The van der Waals surface area contributed by atoms with E-state index in [1.54, 1.807) is 0 Å². The molecule has 1 N–H and O–H groups in total. The highest BCUT2D eigenvalue weighted by atomic mass is 16.3. The Morgan fingerprint density at radius 1 is 0.310 bits per heavy atom. The molecule has 5 aromatic carbocycles. The van der Waals surface area contributed by atoms with Gasteiger partial charge in [-0.25, -0.2) is 0 Å². The highest BCUT2D eigenvalue weighted by molar-refractivity contribution is 5.71. The number of anilines is 5. The first kappa shape index (κ1) is 49.6. The highest BCUT2D eigenvalue weighted by Crippen LogP contribution is 2.58. The zero-order valence-corrected chi connectivity index (χ0v) is 47.2. The van der Waals surface area contributed by atoms with Crippen molar-refractivity contribution in [1.29, 1.82) is 0 Å². The fraction of sp³-hybridized carbons (Fsp3) is 0.538. The van der Waals surface area contributed by atoms with Crippen molar-refractivity contribution < 1.29 is 5.11 Å². The predicted octanol–water partition coefficient (Wildman–Crippen LogP) is 14.6. The van der Waals surface area contributed by atoms with Crippen LogP contribution in [-0.2, 0) is 0 Å². The van der Waals surface area contributed by atoms with E-state index in [4.69, 9.17) is 0 Å². The summed E-state index contributed by atoms with van der Waals surface area (Å²) >= 11 is 0. The lowest BCUT2D eigenvalue weighted by molar-refractivity contribution is 0.0689. The van der Waals surface area contributed by atoms with Crippen LogP contribution in [0.5, 0.6) is 0 Å². The summed E-state index contributed by atoms with van der Waals surface area (Å²) in [7, 11) is 11.4. The summed E-state index contributed by atoms with van der Waals surface area (Å²) in [5.74, 6) is 2.29. The van der Waals surface area contributed by atoms with Crippen LogP contribution in [0.4, 0.5) is 28.4 Å². The molecule has 0 radical (unpaired) electrons. The SMILES string of the molecule is CC1C(O)c2cc(C3c4cc(C5c6cc(C7c8cc(C9c%10ccccc%10N(C)C(C)(C)C9C)ccc8N(C)C(C)(C)C7C)ccc6N(C)C(C)(C)C5C)ccc4N(C)C(C)(C)C3C)ccc2N(C)C1(C)C. The molecule has 0 amide bonds. The van der Waals surface area contributed by atoms with E-state index >= 15 is 0 Å². The number of nitrogens with zero attached hydrogens (tertiary/aromatic N) is 5. The molecule has 10 unspecified atom stereocenters. The molecule has 10 rings (SSSR count). The number of benzene rings is 5. The Morgan fingerprint density at radius 2 is 0.549 bits per heavy atom. The van der Waals surface area contributed by atoms with E-state index in [0.29, 0.717) is 23.7 Å². The van der Waals surface area contributed by atoms with Gasteiger partial charge in [-0.05, 0) is 168 Å². The van der Waals surface area contributed by atoms with E-state index in [-0.39, 0.29) is 57.3 Å². The Morgan fingerprint density at radius 3 is 0.873 bits per heavy atom. The molecule has 6 heteroatoms. The molecule has 6 nitrogen and oxygen atoms in total. The minimum atomic E-state index is -0.525. The van der Waals surface area contributed by atoms with Gasteiger partial charge in [0.25, 0.3) is 0 Å². The van der Waals surface area contributed by atoms with Crippen molar-refractivity contribution in [2.45, 2.75) is 161 Å². The van der Waals surface area contributed by atoms with E-state index in [0.717, 1.165) is 11.3 Å². The van der Waals surface area contributed by atoms with Crippen LogP contribution in [0.2, 0.25) is 0 Å². The topological polar surface area (TPSA) is 36.4 Å². The molecule has 10 atom stereocenters. The smallest absolute Gasteiger partial charge is 0.0857 e. The molecule has 5 aliphatic heterocycles. The van der Waals surface area contributed by atoms with Crippen LogP contribution in [0.15, 0.2) is 97.1 Å². The molecule has 5 aromatic rings. The number of rotatable bonds is 4. The third-order valence-corrected chi connectivity index (χ3v) is 22.4. The first-order chi connectivity index (χ1) is 33.1. The first-order valence-electron chi connectivity index (χ1n) is 27.1. The molecule has 71 heavy (non-hydrogen) atoms. The molecule has 5 heterocycles. The monoisotopic (exact) mass is 954 g/mol. The van der Waals surface area contributed by atoms with Crippen molar-refractivity contribution in [3.05, 3.63) is 147 Å². The summed E-state index contributed by atoms with van der Waals surface area (Å²) in [5.41, 5.74) is 18.3. The lowest BCUT2D eigenvalue weighted by atomic mass is 9.64. The van der Waals surface area contributed by atoms with Crippen LogP contribution in [0, 0.1) is 29.6 Å². The van der Waals surface area contributed by atoms with Crippen LogP contribution < -0.4 is 24.5 Å². The highest BCUT2D eigenvalue weighted by Gasteiger charge is 2.50. The second kappa shape index (κ2) is 16.3. The van der Waals surface area contributed by atoms with Gasteiger partial charge in [-0.15, -0.1) is 0 Å². The van der Waals surface area contributed by atoms with Gasteiger partial charge in [0.15, 0.2) is 0 Å². The summed E-state index contributed by atoms with van der Waals surface area (Å²) < 4.78 is 0. The summed E-state index contributed by atoms with van der Waals surface area (Å²) in [5, 5.41) is 12.0. The van der Waals surface area contributed by atoms with Gasteiger partial charge in [0, 0.05) is 127 Å². The predicted molar refractivity (Wildman–Crippen MR) is 303 cm³/mol. The second-order valence-corrected chi connectivity index (χ2v) is 26.2. The van der Waals surface area contributed by atoms with Gasteiger partial charge >= 0.3 is 0 Å². The second-order valence-electron chi connectivity index (χ2n) is 26.2. The molecular formula is C65H87N5O. The number of para-hydroxylation sites is 1. The largest absolute Gasteiger partial charge is 0.388 e. The maximum Gasteiger partial charge on any atom is 0.0857 e. The van der Waals surface area contributed by atoms with Crippen molar-refractivity contribution in [1.82, 2.24) is 0 Å². The molecule has 0 fully saturated rings. The Labute approximate surface area is 429 Å². The summed E-state index contributed by atoms with van der Waals surface area (Å²) in [6.07, 6.45) is -0.525.